The topological polar surface area (TPSA) is 700 Å². The van der Waals surface area contributed by atoms with Gasteiger partial charge < -0.3 is 124 Å². The molecule has 13 atom stereocenters. The van der Waals surface area contributed by atoms with E-state index in [1.54, 1.807) is 13.8 Å². The van der Waals surface area contributed by atoms with Crippen molar-refractivity contribution in [1.82, 2.24) is 0 Å². The van der Waals surface area contributed by atoms with E-state index in [2.05, 4.69) is 18.4 Å². The maximum Gasteiger partial charge on any atom is 0.323 e. The van der Waals surface area contributed by atoms with Gasteiger partial charge in [0.25, 0.3) is 0 Å². The maximum absolute atomic E-state index is 10.2. The minimum atomic E-state index is -1.21. The first kappa shape index (κ1) is 89.1. The van der Waals surface area contributed by atoms with Gasteiger partial charge in [0.2, 0.25) is 5.91 Å². The Hall–Kier alpha value is -5.47. The fourth-order valence-electron chi connectivity index (χ4n) is 2.78. The van der Waals surface area contributed by atoms with Crippen LogP contribution in [-0.2, 0) is 47.9 Å². The van der Waals surface area contributed by atoms with E-state index < -0.39 is 133 Å². The maximum atomic E-state index is 10.2. The van der Waals surface area contributed by atoms with E-state index in [0.717, 1.165) is 25.7 Å². The number of aliphatic hydroxyl groups is 3. The Labute approximate surface area is 440 Å². The number of aliphatic hydroxyl groups excluding tert-OH is 3. The summed E-state index contributed by atoms with van der Waals surface area (Å²) in [6.07, 6.45) is 1.52. The summed E-state index contributed by atoms with van der Waals surface area (Å²) in [5, 5.41) is 98.4. The molecule has 0 unspecified atom stereocenters. The zero-order valence-corrected chi connectivity index (χ0v) is 44.6. The number of hydrogen-bond acceptors (Lipinski definition) is 24. The van der Waals surface area contributed by atoms with Crippen molar-refractivity contribution in [3.05, 3.63) is 0 Å². The number of carboxylic acids is 9. The number of rotatable bonds is 24. The molecule has 0 radical (unpaired) electrons. The fourth-order valence-corrected chi connectivity index (χ4v) is 2.94. The lowest BCUT2D eigenvalue weighted by Gasteiger charge is -2.11. The largest absolute Gasteiger partial charge is 0.480 e. The van der Waals surface area contributed by atoms with Gasteiger partial charge in [0.05, 0.1) is 25.2 Å². The summed E-state index contributed by atoms with van der Waals surface area (Å²) in [4.78, 5) is 99.5. The number of aliphatic carboxylic acids is 9. The standard InChI is InChI=1S/C6H14N2O2.2C6H13NO2.C5H11NO2.C4H8N2O3.2C4H9NO3.C3H7NO3.C3H7NO2S/c7-4-2-1-3-5(8)6(9)10;2*1-3-4(2)5(7)6(8)9;1-3(2)4(6)5(7)8;5-2(4(8)9)1-3(6)7;2*1-2(6)3(5)4(7)8;4-2(1-5)3(6)7;4-2(1-7)3(5)6/h5H,1-4,7-8H2,(H,9,10);2*4-5H,3,7H2,1-2H3,(H,8,9);3-4H,6H2,1-2H3,(H,7,8);2H,1,5H2,(H2,6,7)(H,8,9);2*2-3,6H,5H2,1H3,(H,7,8);2,5H,1,4H2,(H,6,7);2,7H,1,4H2,(H,5,6)/t5-;2*4-,5-;4-;2-;2*2-,3+;2*2-/m000001100/s1. The number of hydrogen-bond donors (Lipinski definition) is 24. The van der Waals surface area contributed by atoms with Crippen LogP contribution >= 0.6 is 12.6 Å². The summed E-state index contributed by atoms with van der Waals surface area (Å²) >= 11 is 3.65. The Morgan fingerprint density at radius 1 is 0.427 bits per heavy atom. The number of carboxylic acid groups (broad SMARTS) is 9. The van der Waals surface area contributed by atoms with Gasteiger partial charge in [-0.25, -0.2) is 0 Å². The first-order valence-corrected chi connectivity index (χ1v) is 23.0. The van der Waals surface area contributed by atoms with Crippen LogP contribution in [0, 0.1) is 17.8 Å². The quantitative estimate of drug-likeness (QED) is 0.0316. The van der Waals surface area contributed by atoms with Crippen LogP contribution in [0.1, 0.15) is 93.9 Å². The molecule has 448 valence electrons. The highest BCUT2D eigenvalue weighted by Gasteiger charge is 2.20. The second kappa shape index (κ2) is 54.8. The molecule has 0 aromatic carbocycles. The number of carbonyl (C=O) groups is 10. The van der Waals surface area contributed by atoms with Crippen LogP contribution < -0.4 is 63.1 Å². The van der Waals surface area contributed by atoms with Gasteiger partial charge in [0, 0.05) is 5.75 Å². The molecule has 0 fully saturated rings. The molecule has 75 heavy (non-hydrogen) atoms. The van der Waals surface area contributed by atoms with Crippen molar-refractivity contribution in [3.63, 3.8) is 0 Å². The predicted octanol–water partition coefficient (Wildman–Crippen LogP) is -5.98. The Bertz CT molecular complexity index is 1470. The normalized spacial score (nSPS) is 15.0. The molecule has 33 nitrogen and oxygen atoms in total. The second-order valence-electron chi connectivity index (χ2n) is 15.9. The average molecular weight is 1120 g/mol. The Morgan fingerprint density at radius 2 is 0.707 bits per heavy atom. The minimum Gasteiger partial charge on any atom is -0.480 e. The summed E-state index contributed by atoms with van der Waals surface area (Å²) in [6.45, 7) is 13.8. The Kier molecular flexibility index (Phi) is 65.1. The monoisotopic (exact) mass is 1120 g/mol. The molecule has 1 amide bonds. The van der Waals surface area contributed by atoms with Crippen LogP contribution in [0.25, 0.3) is 0 Å². The number of amides is 1. The highest BCUT2D eigenvalue weighted by molar-refractivity contribution is 7.80. The van der Waals surface area contributed by atoms with Crippen molar-refractivity contribution in [1.29, 1.82) is 0 Å². The molecule has 0 aromatic heterocycles. The lowest BCUT2D eigenvalue weighted by Crippen LogP contribution is -2.39. The molecule has 0 spiro atoms. The van der Waals surface area contributed by atoms with Crippen molar-refractivity contribution in [2.75, 3.05) is 18.9 Å². The van der Waals surface area contributed by atoms with Gasteiger partial charge in [0.15, 0.2) is 0 Å². The van der Waals surface area contributed by atoms with Crippen LogP contribution in [0.2, 0.25) is 0 Å². The average Bonchev–Trinajstić information content (AvgIpc) is 3.32. The first-order valence-electron chi connectivity index (χ1n) is 22.3. The van der Waals surface area contributed by atoms with Gasteiger partial charge in [-0.1, -0.05) is 60.8 Å². The summed E-state index contributed by atoms with van der Waals surface area (Å²) < 4.78 is 0. The number of unbranched alkanes of at least 4 members (excludes halogenated alkanes) is 1. The predicted molar refractivity (Wildman–Crippen MR) is 275 cm³/mol. The van der Waals surface area contributed by atoms with E-state index in [0.29, 0.717) is 13.0 Å². The number of thiol groups is 1. The van der Waals surface area contributed by atoms with E-state index in [4.69, 9.17) is 119 Å². The van der Waals surface area contributed by atoms with Gasteiger partial charge in [-0.05, 0) is 51.0 Å². The van der Waals surface area contributed by atoms with E-state index in [1.807, 2.05) is 27.7 Å². The van der Waals surface area contributed by atoms with Crippen molar-refractivity contribution in [2.45, 2.75) is 160 Å². The molecular weight excluding hydrogens is 1030 g/mol. The van der Waals surface area contributed by atoms with Crippen LogP contribution in [0.5, 0.6) is 0 Å². The summed E-state index contributed by atoms with van der Waals surface area (Å²) in [5.74, 6) is -9.80. The van der Waals surface area contributed by atoms with Gasteiger partial charge in [-0.3, -0.25) is 47.9 Å². The zero-order chi connectivity index (χ0) is 62.2. The lowest BCUT2D eigenvalue weighted by molar-refractivity contribution is -0.141. The van der Waals surface area contributed by atoms with Crippen LogP contribution in [0.4, 0.5) is 0 Å². The Balaban J connectivity index is -0.0000000935. The summed E-state index contributed by atoms with van der Waals surface area (Å²) in [7, 11) is 0. The van der Waals surface area contributed by atoms with E-state index in [9.17, 15) is 47.9 Å². The smallest absolute Gasteiger partial charge is 0.323 e. The molecule has 34 N–H and O–H groups in total. The highest BCUT2D eigenvalue weighted by Crippen LogP contribution is 2.05. The van der Waals surface area contributed by atoms with Gasteiger partial charge in [0.1, 0.15) is 54.4 Å². The van der Waals surface area contributed by atoms with E-state index >= 15 is 0 Å². The molecule has 34 heteroatoms. The Morgan fingerprint density at radius 3 is 0.787 bits per heavy atom. The molecule has 0 aliphatic carbocycles. The van der Waals surface area contributed by atoms with Crippen molar-refractivity contribution < 1.29 is 109 Å². The molecule has 0 heterocycles. The molecule has 0 bridgehead atoms. The van der Waals surface area contributed by atoms with Crippen LogP contribution in [-0.4, -0.2) is 206 Å². The zero-order valence-electron chi connectivity index (χ0n) is 43.7. The molecule has 0 saturated carbocycles. The molecule has 0 aromatic rings. The second-order valence-corrected chi connectivity index (χ2v) is 16.3. The number of primary amides is 1. The third kappa shape index (κ3) is 66.5. The summed E-state index contributed by atoms with van der Waals surface area (Å²) in [6, 6.07) is -8.25. The van der Waals surface area contributed by atoms with Crippen LogP contribution in [0.3, 0.4) is 0 Å². The fraction of sp³-hybridized carbons (Fsp3) is 0.756. The molecule has 0 rings (SSSR count). The number of carbonyl (C=O) groups excluding carboxylic acids is 1. The van der Waals surface area contributed by atoms with Gasteiger partial charge in [-0.2, -0.15) is 12.6 Å². The molecule has 0 saturated heterocycles. The van der Waals surface area contributed by atoms with Crippen molar-refractivity contribution >= 4 is 72.3 Å². The van der Waals surface area contributed by atoms with E-state index in [1.165, 1.54) is 13.8 Å². The molecule has 0 aliphatic rings. The molecular formula is C41H91N11O22S. The lowest BCUT2D eigenvalue weighted by atomic mass is 10.0. The highest BCUT2D eigenvalue weighted by atomic mass is 32.1. The van der Waals surface area contributed by atoms with E-state index in [-0.39, 0.29) is 29.9 Å². The van der Waals surface area contributed by atoms with Crippen molar-refractivity contribution in [3.8, 4) is 0 Å². The third-order valence-corrected chi connectivity index (χ3v) is 9.14. The SMILES string of the molecule is CC(C)[C@H](N)C(=O)O.CC[C@H](C)[C@H](N)C(=O)O.CC[C@H](C)[C@H](N)C(=O)O.C[C@@H](O)[C@H](N)C(=O)O.C[C@@H](O)[C@H](N)C(=O)O.NC(=O)C[C@H](N)C(=O)O.NCCCC[C@H](N)C(=O)O.N[C@@H](CO)C(=O)O.N[C@@H](CS)C(=O)O. The van der Waals surface area contributed by atoms with Gasteiger partial charge in [-0.15, -0.1) is 0 Å². The third-order valence-electron chi connectivity index (χ3n) is 8.75. The minimum absolute atomic E-state index is 0.0208. The summed E-state index contributed by atoms with van der Waals surface area (Å²) in [5.41, 5.74) is 55.2. The first-order chi connectivity index (χ1) is 33.9. The number of nitrogens with two attached hydrogens (primary N) is 11. The van der Waals surface area contributed by atoms with Crippen LogP contribution in [0.15, 0.2) is 0 Å². The van der Waals surface area contributed by atoms with Crippen molar-refractivity contribution in [2.24, 2.45) is 80.8 Å². The van der Waals surface area contributed by atoms with Gasteiger partial charge >= 0.3 is 53.7 Å². The molecule has 0 aliphatic heterocycles.